The third kappa shape index (κ3) is 36.9. The average Bonchev–Trinajstić information content (AvgIpc) is 1.66. The SMILES string of the molecule is C.C=[C](OCC)[Sn]([CH2]CCC)([CH2]CCC)[CH2]CCC.CC(=O)c1ccc(C)c([N+](=O)[O-])c1.Cc1ccc(-c2csc(Nc3cccc(C(F)(F)F)c3)n2)cc1[N+](=O)[O-].Cc1ccc(Br)cc1[N+](=O)[O-].Cc1ccc(C(=O)CBr)cc1[N+](=O)[O-].ClCCl.NC(=S)Nc1cccc(C(F)(F)F)c1.[F-].[K+]. The maximum atomic E-state index is 12.8. The zero-order valence-electron chi connectivity index (χ0n) is 57.1. The topological polar surface area (TPSA) is 279 Å². The van der Waals surface area contributed by atoms with Gasteiger partial charge in [-0.3, -0.25) is 50.0 Å². The van der Waals surface area contributed by atoms with Gasteiger partial charge >= 0.3 is 183 Å². The summed E-state index contributed by atoms with van der Waals surface area (Å²) in [6, 6.07) is 28.2. The molecule has 34 heteroatoms. The average molecular weight is 1770 g/mol. The summed E-state index contributed by atoms with van der Waals surface area (Å²) in [7, 11) is 0. The van der Waals surface area contributed by atoms with Crippen molar-refractivity contribution in [3.8, 4) is 11.3 Å². The predicted octanol–water partition coefficient (Wildman–Crippen LogP) is 17.4. The van der Waals surface area contributed by atoms with Crippen molar-refractivity contribution in [1.29, 1.82) is 0 Å². The second-order valence-electron chi connectivity index (χ2n) is 21.4. The molecule has 554 valence electrons. The third-order valence-corrected chi connectivity index (χ3v) is 30.9. The molecule has 0 atom stereocenters. The van der Waals surface area contributed by atoms with E-state index in [1.54, 1.807) is 81.6 Å². The van der Waals surface area contributed by atoms with E-state index in [9.17, 15) is 76.4 Å². The molecule has 0 bridgehead atoms. The Morgan fingerprint density at radius 2 is 1.05 bits per heavy atom. The second kappa shape index (κ2) is 51.6. The van der Waals surface area contributed by atoms with Gasteiger partial charge in [-0.1, -0.05) is 93.9 Å². The number of thiazole rings is 1. The van der Waals surface area contributed by atoms with Crippen molar-refractivity contribution in [3.05, 3.63) is 226 Å². The normalized spacial score (nSPS) is 10.3. The number of ether oxygens (including phenoxy) is 1. The number of nitro groups is 4. The quantitative estimate of drug-likeness (QED) is 0.00784. The minimum atomic E-state index is -4.42. The number of nitro benzene ring substituents is 4. The number of hydrogen-bond donors (Lipinski definition) is 3. The molecule has 0 aliphatic rings. The van der Waals surface area contributed by atoms with E-state index in [-0.39, 0.29) is 130 Å². The summed E-state index contributed by atoms with van der Waals surface area (Å²) in [6.07, 6.45) is -0.676. The van der Waals surface area contributed by atoms with Gasteiger partial charge in [-0.2, -0.15) is 26.3 Å². The number of halogens is 11. The van der Waals surface area contributed by atoms with Gasteiger partial charge in [-0.25, -0.2) is 4.98 Å². The summed E-state index contributed by atoms with van der Waals surface area (Å²) in [5.41, 5.74) is 8.38. The Bertz CT molecular complexity index is 3830. The molecule has 1 heterocycles. The smallest absolute Gasteiger partial charge is 1.00 e. The van der Waals surface area contributed by atoms with Gasteiger partial charge in [-0.15, -0.1) is 34.5 Å². The van der Waals surface area contributed by atoms with Crippen molar-refractivity contribution in [2.45, 2.75) is 134 Å². The number of thiocarbonyl (C=S) groups is 1. The van der Waals surface area contributed by atoms with E-state index in [1.165, 1.54) is 122 Å². The Morgan fingerprint density at radius 3 is 1.44 bits per heavy atom. The van der Waals surface area contributed by atoms with E-state index in [0.717, 1.165) is 35.3 Å². The fourth-order valence-corrected chi connectivity index (χ4v) is 24.9. The number of rotatable bonds is 23. The van der Waals surface area contributed by atoms with Crippen molar-refractivity contribution in [3.63, 3.8) is 0 Å². The number of carbonyl (C=O) groups excluding carboxylic acids is 2. The molecule has 6 aromatic carbocycles. The van der Waals surface area contributed by atoms with E-state index in [0.29, 0.717) is 49.8 Å². The zero-order valence-corrected chi connectivity index (χ0v) is 69.4. The van der Waals surface area contributed by atoms with Crippen LogP contribution >= 0.6 is 78.6 Å². The van der Waals surface area contributed by atoms with Crippen LogP contribution in [0.3, 0.4) is 0 Å². The predicted molar refractivity (Wildman–Crippen MR) is 404 cm³/mol. The number of hydrogen-bond acceptors (Lipinski definition) is 15. The number of unbranched alkanes of at least 4 members (excludes halogenated alkanes) is 3. The zero-order chi connectivity index (χ0) is 75.4. The largest absolute Gasteiger partial charge is 1.00 e. The van der Waals surface area contributed by atoms with Crippen LogP contribution in [-0.4, -0.2) is 77.0 Å². The first-order valence-electron chi connectivity index (χ1n) is 30.2. The van der Waals surface area contributed by atoms with Crippen molar-refractivity contribution < 1.29 is 116 Å². The summed E-state index contributed by atoms with van der Waals surface area (Å²) in [4.78, 5) is 67.1. The number of nitrogens with one attached hydrogen (secondary N) is 2. The number of aryl methyl sites for hydroxylation is 4. The van der Waals surface area contributed by atoms with Crippen molar-refractivity contribution >= 4 is 153 Å². The first kappa shape index (κ1) is 101. The summed E-state index contributed by atoms with van der Waals surface area (Å²) in [5, 5.41) is 50.1. The van der Waals surface area contributed by atoms with Gasteiger partial charge in [0, 0.05) is 84.4 Å². The number of Topliss-reactive ketones (excluding diaryl/α,β-unsaturated/α-hetero) is 2. The first-order valence-corrected chi connectivity index (χ1v) is 42.0. The molecule has 19 nitrogen and oxygen atoms in total. The van der Waals surface area contributed by atoms with Crippen LogP contribution in [-0.2, 0) is 17.1 Å². The second-order valence-corrected chi connectivity index (χ2v) is 38.2. The number of nitrogens with zero attached hydrogens (tertiary/aromatic N) is 5. The van der Waals surface area contributed by atoms with Crippen LogP contribution in [0.25, 0.3) is 11.3 Å². The van der Waals surface area contributed by atoms with E-state index >= 15 is 0 Å². The van der Waals surface area contributed by atoms with Crippen molar-refractivity contribution in [2.24, 2.45) is 5.73 Å². The molecule has 0 aliphatic carbocycles. The molecule has 0 saturated heterocycles. The number of carbonyl (C=O) groups is 2. The fourth-order valence-electron chi connectivity index (χ4n) is 8.77. The molecule has 0 fully saturated rings. The van der Waals surface area contributed by atoms with Gasteiger partial charge < -0.3 is 21.1 Å². The number of aromatic nitrogens is 1. The van der Waals surface area contributed by atoms with Crippen LogP contribution in [0.15, 0.2) is 142 Å². The molecule has 0 spiro atoms. The summed E-state index contributed by atoms with van der Waals surface area (Å²) in [6.45, 7) is 22.2. The summed E-state index contributed by atoms with van der Waals surface area (Å²) < 4.78 is 87.2. The molecule has 7 aromatic rings. The summed E-state index contributed by atoms with van der Waals surface area (Å²) >= 11 is 19.2. The van der Waals surface area contributed by atoms with Crippen molar-refractivity contribution in [1.82, 2.24) is 4.98 Å². The van der Waals surface area contributed by atoms with Gasteiger partial charge in [-0.05, 0) is 89.3 Å². The van der Waals surface area contributed by atoms with E-state index in [1.807, 2.05) is 0 Å². The Hall–Kier alpha value is -5.59. The standard InChI is InChI=1S/C17H12F3N3O2S.C9H8BrNO3.C9H9NO3.C8H7F3N2S.C7H6BrNO2.C4H7O.3C4H9.CH2Cl2.CH4.FH.K.Sn/c1-10-5-6-11(7-15(10)23(24)25)14-9-26-16(22-14)21-13-4-2-3-12(8-13)17(18,19)20;1-6-2-3-7(9(12)5-10)4-8(6)11(13)14;1-6-3-4-8(7(2)11)5-9(6)10(12)13;9-8(10,11)5-2-1-3-6(4-5)13-7(12)14;1-5-2-3-6(8)4-7(5)9(10)11;1-3-5-4-2;3*1-3-4-2;2-1-3;;;;/h2-9H,1H3,(H,21,22);2-4H,5H2,1H3;3-5H,1-2H3;1-4H,(H3,12,13,14);2-4H,1H3;1,4H2,2H3;3*1,3-4H2,2H3;1H2;1H4;1H;;/q;;;;;;;;;;;;+1;/p-1. The van der Waals surface area contributed by atoms with Crippen LogP contribution < -0.4 is 72.5 Å². The minimum Gasteiger partial charge on any atom is -1.00 e. The van der Waals surface area contributed by atoms with Crippen LogP contribution in [0.4, 0.5) is 65.6 Å². The molecule has 0 amide bonds. The molecular formula is C68H82Br2Cl2F7KN8O11S2Sn. The molecule has 4 N–H and O–H groups in total. The van der Waals surface area contributed by atoms with Gasteiger partial charge in [0.1, 0.15) is 0 Å². The molecule has 102 heavy (non-hydrogen) atoms. The van der Waals surface area contributed by atoms with Gasteiger partial charge in [0.05, 0.1) is 47.2 Å². The molecule has 0 aliphatic heterocycles. The number of nitrogens with two attached hydrogens (primary N) is 1. The van der Waals surface area contributed by atoms with E-state index < -0.39 is 56.6 Å². The van der Waals surface area contributed by atoms with Crippen LogP contribution in [0.2, 0.25) is 13.3 Å². The van der Waals surface area contributed by atoms with Crippen LogP contribution in [0.1, 0.15) is 135 Å². The Balaban J connectivity index is -0.00000116. The monoisotopic (exact) mass is 1770 g/mol. The van der Waals surface area contributed by atoms with E-state index in [2.05, 4.69) is 94.0 Å². The molecule has 1 aromatic heterocycles. The number of alkyl halides is 9. The first-order chi connectivity index (χ1) is 46.4. The number of benzene rings is 6. The minimum absolute atomic E-state index is 0. The Labute approximate surface area is 672 Å². The maximum absolute atomic E-state index is 12.8. The van der Waals surface area contributed by atoms with Gasteiger partial charge in [0.25, 0.3) is 22.7 Å². The molecule has 0 saturated carbocycles. The third-order valence-electron chi connectivity index (χ3n) is 14.1. The number of anilines is 3. The van der Waals surface area contributed by atoms with E-state index in [4.69, 9.17) is 33.7 Å². The molecule has 7 rings (SSSR count). The Morgan fingerprint density at radius 1 is 0.657 bits per heavy atom. The van der Waals surface area contributed by atoms with Crippen LogP contribution in [0, 0.1) is 68.2 Å². The van der Waals surface area contributed by atoms with Crippen LogP contribution in [0.5, 0.6) is 0 Å². The molecule has 0 radical (unpaired) electrons. The summed E-state index contributed by atoms with van der Waals surface area (Å²) in [5.74, 6) is -0.323. The molecule has 0 unspecified atom stereocenters. The fraction of sp³-hybridized carbons (Fsp3) is 0.353. The van der Waals surface area contributed by atoms with Crippen molar-refractivity contribution in [2.75, 3.05) is 27.9 Å². The van der Waals surface area contributed by atoms with Gasteiger partial charge in [0.15, 0.2) is 21.8 Å². The molecular weight excluding hydrogens is 1690 g/mol. The van der Waals surface area contributed by atoms with Gasteiger partial charge in [0.2, 0.25) is 0 Å². The maximum Gasteiger partial charge on any atom is 1.00 e. The number of ketones is 2. The Kier molecular flexibility index (Phi) is 50.9.